The molecule has 0 atom stereocenters. The van der Waals surface area contributed by atoms with E-state index < -0.39 is 4.92 Å². The fourth-order valence-corrected chi connectivity index (χ4v) is 3.11. The molecule has 3 aromatic rings. The highest BCUT2D eigenvalue weighted by molar-refractivity contribution is 7.92. The van der Waals surface area contributed by atoms with Crippen molar-refractivity contribution in [2.75, 3.05) is 0 Å². The maximum absolute atomic E-state index is 10.5. The summed E-state index contributed by atoms with van der Waals surface area (Å²) >= 11 is 1.70. The van der Waals surface area contributed by atoms with Gasteiger partial charge in [-0.05, 0) is 18.2 Å². The Morgan fingerprint density at radius 1 is 0.960 bits per heavy atom. The summed E-state index contributed by atoms with van der Waals surface area (Å²) in [6.07, 6.45) is 4.08. The number of hydrogen-bond donors (Lipinski definition) is 0. The molecule has 0 radical (unpaired) electrons. The average molecular weight is 372 g/mol. The summed E-state index contributed by atoms with van der Waals surface area (Å²) in [6, 6.07) is 23.0. The summed E-state index contributed by atoms with van der Waals surface area (Å²) in [4.78, 5) is 11.3. The lowest BCUT2D eigenvalue weighted by atomic mass is 10.2. The molecule has 0 N–H and O–H groups in total. The quantitative estimate of drug-likeness (QED) is 0.299. The van der Waals surface area contributed by atoms with Crippen molar-refractivity contribution in [3.63, 3.8) is 0 Å². The molecule has 3 rings (SSSR count). The third-order valence-corrected chi connectivity index (χ3v) is 4.36. The first-order chi connectivity index (χ1) is 12.2. The lowest BCUT2D eigenvalue weighted by Crippen LogP contribution is -2.22. The number of nitro groups is 1. The van der Waals surface area contributed by atoms with Gasteiger partial charge in [-0.25, -0.2) is 0 Å². The van der Waals surface area contributed by atoms with E-state index in [1.165, 1.54) is 11.0 Å². The number of para-hydroxylation sites is 1. The molecule has 0 saturated carbocycles. The van der Waals surface area contributed by atoms with Gasteiger partial charge >= 0.3 is 0 Å². The van der Waals surface area contributed by atoms with Crippen LogP contribution in [0.2, 0.25) is 0 Å². The first-order valence-corrected chi connectivity index (χ1v) is 9.20. The van der Waals surface area contributed by atoms with Crippen LogP contribution >= 0.6 is 11.9 Å². The van der Waals surface area contributed by atoms with E-state index in [-0.39, 0.29) is 5.69 Å². The summed E-state index contributed by atoms with van der Waals surface area (Å²) in [5.41, 5.74) is 0.769. The molecule has 0 aliphatic carbocycles. The molecule has 0 amide bonds. The zero-order valence-corrected chi connectivity index (χ0v) is 16.6. The fraction of sp³-hybridized carbons (Fsp3) is 0.0556. The van der Waals surface area contributed by atoms with Crippen LogP contribution in [0.5, 0.6) is 0 Å². The van der Waals surface area contributed by atoms with Gasteiger partial charge in [-0.1, -0.05) is 36.4 Å². The van der Waals surface area contributed by atoms with E-state index in [9.17, 15) is 10.1 Å². The van der Waals surface area contributed by atoms with Crippen LogP contribution in [0, 0.1) is 10.1 Å². The Morgan fingerprint density at radius 3 is 2.20 bits per heavy atom. The van der Waals surface area contributed by atoms with Gasteiger partial charge in [-0.15, -0.1) is 3.97 Å². The van der Waals surface area contributed by atoms with Crippen LogP contribution in [0.3, 0.4) is 0 Å². The largest absolute Gasteiger partial charge is 0.423 e. The Morgan fingerprint density at radius 2 is 1.56 bits per heavy atom. The number of pyridine rings is 1. The second-order valence-corrected chi connectivity index (χ2v) is 6.61. The topological polar surface area (TPSA) is 56.3 Å². The predicted molar refractivity (Wildman–Crippen MR) is 102 cm³/mol. The monoisotopic (exact) mass is 371 g/mol. The normalized spacial score (nSPS) is 9.92. The molecular weight excluding hydrogens is 352 g/mol. The molecular formula is C18H19N2O3SSi+. The Kier molecular flexibility index (Phi) is 7.84. The maximum atomic E-state index is 10.5. The highest BCUT2D eigenvalue weighted by Crippen LogP contribution is 2.17. The molecule has 0 saturated heterocycles. The van der Waals surface area contributed by atoms with Gasteiger partial charge in [0, 0.05) is 18.2 Å². The van der Waals surface area contributed by atoms with Crippen LogP contribution in [0.25, 0.3) is 0 Å². The molecule has 128 valence electrons. The van der Waals surface area contributed by atoms with Crippen LogP contribution in [-0.2, 0) is 11.0 Å². The minimum absolute atomic E-state index is 0.133. The van der Waals surface area contributed by atoms with Gasteiger partial charge in [0.25, 0.3) is 5.69 Å². The SMILES string of the molecule is O=[N+]([O-])c1ccccc1CO[SiH3].c1ccc(S[n+]2ccccc2)cc1. The van der Waals surface area contributed by atoms with Gasteiger partial charge in [0.15, 0.2) is 12.4 Å². The van der Waals surface area contributed by atoms with E-state index in [0.29, 0.717) is 22.7 Å². The lowest BCUT2D eigenvalue weighted by molar-refractivity contribution is -0.494. The van der Waals surface area contributed by atoms with Gasteiger partial charge in [0.1, 0.15) is 10.5 Å². The molecule has 0 aliphatic heterocycles. The first-order valence-electron chi connectivity index (χ1n) is 7.61. The maximum Gasteiger partial charge on any atom is 0.274 e. The summed E-state index contributed by atoms with van der Waals surface area (Å²) in [7, 11) is 0.595. The van der Waals surface area contributed by atoms with Crippen molar-refractivity contribution in [1.82, 2.24) is 0 Å². The molecule has 0 fully saturated rings. The first kappa shape index (κ1) is 18.8. The number of rotatable bonds is 5. The van der Waals surface area contributed by atoms with Crippen molar-refractivity contribution in [1.29, 1.82) is 0 Å². The number of hydrogen-bond acceptors (Lipinski definition) is 4. The van der Waals surface area contributed by atoms with Crippen LogP contribution in [0.15, 0.2) is 90.1 Å². The Balaban J connectivity index is 0.000000181. The summed E-state index contributed by atoms with van der Waals surface area (Å²) in [5, 5.41) is 10.5. The van der Waals surface area contributed by atoms with Gasteiger partial charge < -0.3 is 4.43 Å². The Labute approximate surface area is 154 Å². The Bertz CT molecular complexity index is 751. The van der Waals surface area contributed by atoms with Crippen molar-refractivity contribution in [2.24, 2.45) is 0 Å². The fourth-order valence-electron chi connectivity index (χ4n) is 2.01. The van der Waals surface area contributed by atoms with E-state index in [1.54, 1.807) is 30.1 Å². The molecule has 0 spiro atoms. The number of nitro benzene ring substituents is 1. The highest BCUT2D eigenvalue weighted by Gasteiger charge is 2.10. The number of aromatic nitrogens is 1. The van der Waals surface area contributed by atoms with Crippen LogP contribution in [0.1, 0.15) is 5.56 Å². The molecule has 5 nitrogen and oxygen atoms in total. The Hall–Kier alpha value is -2.48. The van der Waals surface area contributed by atoms with Crippen molar-refractivity contribution < 1.29 is 13.3 Å². The number of benzene rings is 2. The van der Waals surface area contributed by atoms with E-state index in [0.717, 1.165) is 0 Å². The van der Waals surface area contributed by atoms with Crippen molar-refractivity contribution >= 4 is 28.1 Å². The third kappa shape index (κ3) is 6.50. The molecule has 0 bridgehead atoms. The zero-order valence-electron chi connectivity index (χ0n) is 13.8. The lowest BCUT2D eigenvalue weighted by Gasteiger charge is -1.99. The highest BCUT2D eigenvalue weighted by atomic mass is 32.2. The molecule has 25 heavy (non-hydrogen) atoms. The van der Waals surface area contributed by atoms with Crippen molar-refractivity contribution in [2.45, 2.75) is 11.5 Å². The van der Waals surface area contributed by atoms with Gasteiger partial charge in [-0.2, -0.15) is 0 Å². The molecule has 0 aliphatic rings. The van der Waals surface area contributed by atoms with Crippen LogP contribution < -0.4 is 3.97 Å². The van der Waals surface area contributed by atoms with Crippen LogP contribution in [0.4, 0.5) is 5.69 Å². The minimum Gasteiger partial charge on any atom is -0.423 e. The van der Waals surface area contributed by atoms with Gasteiger partial charge in [0.05, 0.1) is 22.0 Å². The van der Waals surface area contributed by atoms with E-state index in [1.807, 2.05) is 48.8 Å². The summed E-state index contributed by atoms with van der Waals surface area (Å²) < 4.78 is 7.03. The average Bonchev–Trinajstić information content (AvgIpc) is 2.65. The van der Waals surface area contributed by atoms with E-state index >= 15 is 0 Å². The van der Waals surface area contributed by atoms with Crippen molar-refractivity contribution in [3.8, 4) is 0 Å². The molecule has 1 aromatic heterocycles. The zero-order chi connectivity index (χ0) is 17.9. The molecule has 0 unspecified atom stereocenters. The summed E-state index contributed by atoms with van der Waals surface area (Å²) in [5.74, 6) is 0. The smallest absolute Gasteiger partial charge is 0.274 e. The second kappa shape index (κ2) is 10.4. The van der Waals surface area contributed by atoms with Gasteiger partial charge in [-0.3, -0.25) is 10.1 Å². The molecule has 7 heteroatoms. The third-order valence-electron chi connectivity index (χ3n) is 3.13. The van der Waals surface area contributed by atoms with Crippen molar-refractivity contribution in [3.05, 3.63) is 101 Å². The van der Waals surface area contributed by atoms with E-state index in [2.05, 4.69) is 16.1 Å². The van der Waals surface area contributed by atoms with Crippen LogP contribution in [-0.4, -0.2) is 15.4 Å². The molecule has 1 heterocycles. The minimum atomic E-state index is -0.393. The second-order valence-electron chi connectivity index (χ2n) is 4.96. The number of nitrogens with zero attached hydrogens (tertiary/aromatic N) is 2. The predicted octanol–water partition coefficient (Wildman–Crippen LogP) is 2.92. The molecule has 2 aromatic carbocycles. The van der Waals surface area contributed by atoms with Gasteiger partial charge in [0.2, 0.25) is 11.9 Å². The summed E-state index contributed by atoms with van der Waals surface area (Å²) in [6.45, 7) is 0.337. The standard InChI is InChI=1S/C11H10NS.C7H9NO3Si/c1-3-7-11(8-4-1)13-12-9-5-2-6-10-12;9-8(10)7-4-2-1-3-6(7)5-11-12/h1-10H;1-4H,5H2,12H3/q+1;. The van der Waals surface area contributed by atoms with E-state index in [4.69, 9.17) is 4.43 Å².